The predicted octanol–water partition coefficient (Wildman–Crippen LogP) is 3.91. The van der Waals surface area contributed by atoms with Crippen molar-refractivity contribution in [2.45, 2.75) is 37.9 Å². The summed E-state index contributed by atoms with van der Waals surface area (Å²) in [5.74, 6) is 2.41. The zero-order chi connectivity index (χ0) is 23.9. The second-order valence-corrected chi connectivity index (χ2v) is 8.48. The first-order valence-electron chi connectivity index (χ1n) is 11.0. The highest BCUT2D eigenvalue weighted by Gasteiger charge is 2.46. The van der Waals surface area contributed by atoms with Crippen molar-refractivity contribution in [3.8, 4) is 17.2 Å². The number of aromatic nitrogens is 5. The van der Waals surface area contributed by atoms with Crippen LogP contribution in [-0.4, -0.2) is 57.7 Å². The standard InChI is InChI=1S/C22H24F3N7O2/c1-31-18(22(23,24)25)11-34-17-10-26-21(29-20(17)31)28-14-6-7-15(16(9-14)33-2)32-12-27-19(30-32)8-13-4-3-5-13/h6-7,9-10,12-13,18H,3-5,8,11H2,1-2H3,(H,26,28,29). The Kier molecular flexibility index (Phi) is 5.66. The van der Waals surface area contributed by atoms with Gasteiger partial charge < -0.3 is 19.7 Å². The number of halogens is 3. The van der Waals surface area contributed by atoms with Crippen LogP contribution in [-0.2, 0) is 6.42 Å². The van der Waals surface area contributed by atoms with Crippen LogP contribution in [0.15, 0.2) is 30.7 Å². The second kappa shape index (κ2) is 8.65. The van der Waals surface area contributed by atoms with Crippen molar-refractivity contribution in [3.05, 3.63) is 36.5 Å². The molecule has 0 radical (unpaired) electrons. The van der Waals surface area contributed by atoms with E-state index in [0.717, 1.165) is 17.1 Å². The maximum atomic E-state index is 13.3. The van der Waals surface area contributed by atoms with Crippen LogP contribution in [0, 0.1) is 5.92 Å². The molecule has 1 atom stereocenters. The molecule has 12 heteroatoms. The molecule has 0 saturated heterocycles. The Hall–Kier alpha value is -3.57. The van der Waals surface area contributed by atoms with Crippen LogP contribution in [0.3, 0.4) is 0 Å². The normalized spacial score (nSPS) is 18.1. The number of hydrogen-bond acceptors (Lipinski definition) is 8. The Morgan fingerprint density at radius 1 is 1.24 bits per heavy atom. The number of anilines is 3. The molecule has 1 aliphatic heterocycles. The first-order chi connectivity index (χ1) is 16.3. The molecule has 3 heterocycles. The lowest BCUT2D eigenvalue weighted by Crippen LogP contribution is -2.50. The zero-order valence-electron chi connectivity index (χ0n) is 18.7. The summed E-state index contributed by atoms with van der Waals surface area (Å²) in [7, 11) is 2.89. The van der Waals surface area contributed by atoms with Gasteiger partial charge in [-0.25, -0.2) is 14.6 Å². The smallest absolute Gasteiger partial charge is 0.412 e. The number of ether oxygens (including phenoxy) is 2. The number of fused-ring (bicyclic) bond motifs is 1. The lowest BCUT2D eigenvalue weighted by molar-refractivity contribution is -0.155. The molecule has 0 amide bonds. The van der Waals surface area contributed by atoms with Gasteiger partial charge >= 0.3 is 6.18 Å². The summed E-state index contributed by atoms with van der Waals surface area (Å²) in [6, 6.07) is 3.56. The minimum absolute atomic E-state index is 0.0660. The molecule has 2 aliphatic rings. The van der Waals surface area contributed by atoms with Crippen LogP contribution in [0.5, 0.6) is 11.5 Å². The molecule has 0 bridgehead atoms. The Morgan fingerprint density at radius 3 is 2.76 bits per heavy atom. The van der Waals surface area contributed by atoms with Gasteiger partial charge in [0.05, 0.1) is 13.3 Å². The molecular weight excluding hydrogens is 451 g/mol. The molecule has 1 unspecified atom stereocenters. The zero-order valence-corrected chi connectivity index (χ0v) is 18.7. The average molecular weight is 475 g/mol. The highest BCUT2D eigenvalue weighted by atomic mass is 19.4. The fourth-order valence-electron chi connectivity index (χ4n) is 4.05. The number of hydrogen-bond donors (Lipinski definition) is 1. The molecular formula is C22H24F3N7O2. The lowest BCUT2D eigenvalue weighted by Gasteiger charge is -2.35. The average Bonchev–Trinajstić information content (AvgIpc) is 3.24. The lowest BCUT2D eigenvalue weighted by atomic mass is 9.83. The topological polar surface area (TPSA) is 90.2 Å². The highest BCUT2D eigenvalue weighted by molar-refractivity contribution is 5.64. The minimum atomic E-state index is -4.44. The molecule has 5 rings (SSSR count). The van der Waals surface area contributed by atoms with Gasteiger partial charge in [-0.1, -0.05) is 19.3 Å². The summed E-state index contributed by atoms with van der Waals surface area (Å²) in [5, 5.41) is 7.59. The predicted molar refractivity (Wildman–Crippen MR) is 118 cm³/mol. The quantitative estimate of drug-likeness (QED) is 0.574. The molecule has 3 aromatic rings. The second-order valence-electron chi connectivity index (χ2n) is 8.48. The van der Waals surface area contributed by atoms with E-state index in [4.69, 9.17) is 9.47 Å². The third-order valence-electron chi connectivity index (χ3n) is 6.23. The number of nitrogens with one attached hydrogen (secondary N) is 1. The maximum absolute atomic E-state index is 13.3. The van der Waals surface area contributed by atoms with Crippen molar-refractivity contribution in [1.29, 1.82) is 0 Å². The van der Waals surface area contributed by atoms with Gasteiger partial charge in [0.25, 0.3) is 0 Å². The van der Waals surface area contributed by atoms with Gasteiger partial charge in [0.15, 0.2) is 23.4 Å². The molecule has 1 fully saturated rings. The van der Waals surface area contributed by atoms with Crippen molar-refractivity contribution in [3.63, 3.8) is 0 Å². The Morgan fingerprint density at radius 2 is 2.06 bits per heavy atom. The SMILES string of the molecule is COc1cc(Nc2ncc3c(n2)N(C)C(C(F)(F)F)CO3)ccc1-n1cnc(CC2CCC2)n1. The number of nitrogens with zero attached hydrogens (tertiary/aromatic N) is 6. The molecule has 1 aliphatic carbocycles. The van der Waals surface area contributed by atoms with Crippen molar-refractivity contribution in [2.75, 3.05) is 31.0 Å². The van der Waals surface area contributed by atoms with E-state index in [1.807, 2.05) is 6.07 Å². The third-order valence-corrected chi connectivity index (χ3v) is 6.23. The van der Waals surface area contributed by atoms with Crippen LogP contribution in [0.4, 0.5) is 30.6 Å². The molecule has 1 N–H and O–H groups in total. The van der Waals surface area contributed by atoms with E-state index in [2.05, 4.69) is 25.4 Å². The van der Waals surface area contributed by atoms with Gasteiger partial charge in [-0.05, 0) is 18.1 Å². The maximum Gasteiger partial charge on any atom is 0.412 e. The molecule has 9 nitrogen and oxygen atoms in total. The minimum Gasteiger partial charge on any atom is -0.494 e. The summed E-state index contributed by atoms with van der Waals surface area (Å²) in [5.41, 5.74) is 1.31. The van der Waals surface area contributed by atoms with Crippen LogP contribution >= 0.6 is 0 Å². The molecule has 1 aromatic carbocycles. The number of benzene rings is 1. The monoisotopic (exact) mass is 475 g/mol. The summed E-state index contributed by atoms with van der Waals surface area (Å²) in [4.78, 5) is 13.9. The van der Waals surface area contributed by atoms with Gasteiger partial charge in [0.2, 0.25) is 5.95 Å². The van der Waals surface area contributed by atoms with Gasteiger partial charge in [-0.2, -0.15) is 23.3 Å². The van der Waals surface area contributed by atoms with Crippen molar-refractivity contribution in [1.82, 2.24) is 24.7 Å². The van der Waals surface area contributed by atoms with E-state index in [1.165, 1.54) is 32.5 Å². The number of methoxy groups -OCH3 is 1. The van der Waals surface area contributed by atoms with Crippen LogP contribution < -0.4 is 19.7 Å². The molecule has 34 heavy (non-hydrogen) atoms. The van der Waals surface area contributed by atoms with Gasteiger partial charge in [0.1, 0.15) is 24.4 Å². The van der Waals surface area contributed by atoms with Gasteiger partial charge in [-0.15, -0.1) is 0 Å². The van der Waals surface area contributed by atoms with Crippen molar-refractivity contribution >= 4 is 17.5 Å². The first-order valence-corrected chi connectivity index (χ1v) is 11.0. The third kappa shape index (κ3) is 4.31. The first kappa shape index (κ1) is 22.2. The number of alkyl halides is 3. The Labute approximate surface area is 193 Å². The summed E-state index contributed by atoms with van der Waals surface area (Å²) >= 11 is 0. The Balaban J connectivity index is 1.35. The summed E-state index contributed by atoms with van der Waals surface area (Å²) < 4.78 is 52.3. The Bertz CT molecular complexity index is 1180. The number of rotatable bonds is 6. The van der Waals surface area contributed by atoms with Crippen LogP contribution in [0.2, 0.25) is 0 Å². The van der Waals surface area contributed by atoms with Crippen molar-refractivity contribution < 1.29 is 22.6 Å². The van der Waals surface area contributed by atoms with E-state index in [1.54, 1.807) is 30.3 Å². The van der Waals surface area contributed by atoms with E-state index in [9.17, 15) is 13.2 Å². The van der Waals surface area contributed by atoms with E-state index < -0.39 is 18.8 Å². The van der Waals surface area contributed by atoms with E-state index >= 15 is 0 Å². The highest BCUT2D eigenvalue weighted by Crippen LogP contribution is 2.37. The van der Waals surface area contributed by atoms with Gasteiger partial charge in [-0.3, -0.25) is 0 Å². The molecule has 0 spiro atoms. The van der Waals surface area contributed by atoms with E-state index in [0.29, 0.717) is 23.0 Å². The molecule has 180 valence electrons. The van der Waals surface area contributed by atoms with Crippen LogP contribution in [0.1, 0.15) is 25.1 Å². The fraction of sp³-hybridized carbons (Fsp3) is 0.455. The van der Waals surface area contributed by atoms with E-state index in [-0.39, 0.29) is 17.5 Å². The van der Waals surface area contributed by atoms with Crippen LogP contribution in [0.25, 0.3) is 5.69 Å². The number of likely N-dealkylation sites (N-methyl/N-ethyl adjacent to an activating group) is 1. The summed E-state index contributed by atoms with van der Waals surface area (Å²) in [6.45, 7) is -0.507. The summed E-state index contributed by atoms with van der Waals surface area (Å²) in [6.07, 6.45) is 3.18. The van der Waals surface area contributed by atoms with Gasteiger partial charge in [0, 0.05) is 25.2 Å². The largest absolute Gasteiger partial charge is 0.494 e. The molecule has 2 aromatic heterocycles. The molecule has 1 saturated carbocycles. The van der Waals surface area contributed by atoms with Crippen molar-refractivity contribution in [2.24, 2.45) is 5.92 Å². The fourth-order valence-corrected chi connectivity index (χ4v) is 4.05.